The minimum atomic E-state index is 0.0188. The van der Waals surface area contributed by atoms with Gasteiger partial charge in [0.05, 0.1) is 11.4 Å². The summed E-state index contributed by atoms with van der Waals surface area (Å²) in [7, 11) is 0. The van der Waals surface area contributed by atoms with Crippen molar-refractivity contribution in [2.45, 2.75) is 52.0 Å². The van der Waals surface area contributed by atoms with Crippen LogP contribution in [-0.4, -0.2) is 37.5 Å². The highest BCUT2D eigenvalue weighted by Crippen LogP contribution is 2.38. The van der Waals surface area contributed by atoms with Gasteiger partial charge in [0.25, 0.3) is 5.56 Å². The summed E-state index contributed by atoms with van der Waals surface area (Å²) >= 11 is 0. The molecule has 28 heavy (non-hydrogen) atoms. The maximum absolute atomic E-state index is 12.2. The molecule has 0 radical (unpaired) electrons. The highest BCUT2D eigenvalue weighted by Gasteiger charge is 2.27. The Bertz CT molecular complexity index is 1070. The first-order chi connectivity index (χ1) is 13.6. The van der Waals surface area contributed by atoms with Gasteiger partial charge in [0.1, 0.15) is 5.82 Å². The van der Waals surface area contributed by atoms with Crippen molar-refractivity contribution in [1.82, 2.24) is 24.4 Å². The van der Waals surface area contributed by atoms with Gasteiger partial charge in [-0.1, -0.05) is 0 Å². The number of aromatic nitrogens is 5. The van der Waals surface area contributed by atoms with Crippen LogP contribution in [0.5, 0.6) is 0 Å². The molecule has 3 aromatic rings. The largest absolute Gasteiger partial charge is 0.356 e. The molecule has 0 unspecified atom stereocenters. The van der Waals surface area contributed by atoms with Gasteiger partial charge in [0.2, 0.25) is 0 Å². The Balaban J connectivity index is 1.31. The average Bonchev–Trinajstić information content (AvgIpc) is 3.45. The Morgan fingerprint density at radius 3 is 2.54 bits per heavy atom. The summed E-state index contributed by atoms with van der Waals surface area (Å²) in [6, 6.07) is 7.73. The molecule has 1 aliphatic heterocycles. The Hall–Kier alpha value is -2.70. The van der Waals surface area contributed by atoms with E-state index in [4.69, 9.17) is 0 Å². The topological polar surface area (TPSA) is 68.3 Å². The molecule has 7 heteroatoms. The van der Waals surface area contributed by atoms with E-state index < -0.39 is 0 Å². The van der Waals surface area contributed by atoms with Gasteiger partial charge in [-0.3, -0.25) is 4.79 Å². The second-order valence-electron chi connectivity index (χ2n) is 8.29. The Labute approximate surface area is 164 Å². The molecular weight excluding hydrogens is 352 g/mol. The number of nitrogens with zero attached hydrogens (tertiary/aromatic N) is 6. The minimum absolute atomic E-state index is 0.0188. The van der Waals surface area contributed by atoms with E-state index in [1.54, 1.807) is 10.7 Å². The fraction of sp³-hybridized carbons (Fsp3) is 0.524. The third kappa shape index (κ3) is 3.30. The first-order valence-electron chi connectivity index (χ1n) is 10.2. The normalized spacial score (nSPS) is 18.1. The monoisotopic (exact) mass is 378 g/mol. The van der Waals surface area contributed by atoms with E-state index in [-0.39, 0.29) is 5.56 Å². The van der Waals surface area contributed by atoms with Gasteiger partial charge in [-0.05, 0) is 51.5 Å². The molecule has 0 N–H and O–H groups in total. The van der Waals surface area contributed by atoms with Crippen LogP contribution in [0.3, 0.4) is 0 Å². The molecule has 0 bridgehead atoms. The second-order valence-corrected chi connectivity index (χ2v) is 8.29. The predicted octanol–water partition coefficient (Wildman–Crippen LogP) is 2.70. The standard InChI is InChI=1S/C21H26N6O/c1-14-12-20(27-19(22-14)11-15(2)23-27)25-9-7-16(8-10-25)13-26-21(28)6-5-18(24-26)17-3-4-17/h5-6,11-12,16-17H,3-4,7-10,13H2,1-2H3. The Morgan fingerprint density at radius 2 is 1.79 bits per heavy atom. The van der Waals surface area contributed by atoms with Crippen LogP contribution in [0.2, 0.25) is 0 Å². The van der Waals surface area contributed by atoms with Crippen molar-refractivity contribution in [2.75, 3.05) is 18.0 Å². The summed E-state index contributed by atoms with van der Waals surface area (Å²) < 4.78 is 3.65. The molecule has 0 atom stereocenters. The van der Waals surface area contributed by atoms with E-state index in [9.17, 15) is 4.79 Å². The maximum Gasteiger partial charge on any atom is 0.266 e. The number of aryl methyl sites for hydroxylation is 2. The van der Waals surface area contributed by atoms with Crippen LogP contribution in [0.15, 0.2) is 29.1 Å². The summed E-state index contributed by atoms with van der Waals surface area (Å²) in [4.78, 5) is 19.2. The van der Waals surface area contributed by atoms with Crippen LogP contribution >= 0.6 is 0 Å². The molecule has 1 aliphatic carbocycles. The van der Waals surface area contributed by atoms with Crippen LogP contribution in [0.1, 0.15) is 48.7 Å². The fourth-order valence-corrected chi connectivity index (χ4v) is 4.20. The van der Waals surface area contributed by atoms with E-state index in [0.717, 1.165) is 61.0 Å². The molecule has 1 saturated heterocycles. The summed E-state index contributed by atoms with van der Waals surface area (Å²) in [6.07, 6.45) is 4.50. The zero-order valence-corrected chi connectivity index (χ0v) is 16.5. The summed E-state index contributed by atoms with van der Waals surface area (Å²) in [5.74, 6) is 2.16. The number of rotatable bonds is 4. The number of fused-ring (bicyclic) bond motifs is 1. The summed E-state index contributed by atoms with van der Waals surface area (Å²) in [5.41, 5.74) is 4.00. The molecule has 4 heterocycles. The van der Waals surface area contributed by atoms with Crippen LogP contribution in [0, 0.1) is 19.8 Å². The van der Waals surface area contributed by atoms with Gasteiger partial charge in [0.15, 0.2) is 5.65 Å². The summed E-state index contributed by atoms with van der Waals surface area (Å²) in [5, 5.41) is 9.25. The smallest absolute Gasteiger partial charge is 0.266 e. The Kier molecular flexibility index (Phi) is 4.18. The van der Waals surface area contributed by atoms with Crippen LogP contribution in [0.25, 0.3) is 5.65 Å². The number of hydrogen-bond acceptors (Lipinski definition) is 5. The van der Waals surface area contributed by atoms with Gasteiger partial charge < -0.3 is 4.90 Å². The first-order valence-corrected chi connectivity index (χ1v) is 10.2. The molecule has 0 amide bonds. The van der Waals surface area contributed by atoms with E-state index >= 15 is 0 Å². The summed E-state index contributed by atoms with van der Waals surface area (Å²) in [6.45, 7) is 6.67. The van der Waals surface area contributed by atoms with E-state index in [2.05, 4.69) is 26.1 Å². The highest BCUT2D eigenvalue weighted by atomic mass is 16.1. The van der Waals surface area contributed by atoms with Crippen LogP contribution < -0.4 is 10.5 Å². The molecule has 2 aliphatic rings. The molecule has 2 fully saturated rings. The molecule has 1 saturated carbocycles. The number of hydrogen-bond donors (Lipinski definition) is 0. The van der Waals surface area contributed by atoms with Crippen molar-refractivity contribution in [1.29, 1.82) is 0 Å². The fourth-order valence-electron chi connectivity index (χ4n) is 4.20. The van der Waals surface area contributed by atoms with Gasteiger partial charge >= 0.3 is 0 Å². The van der Waals surface area contributed by atoms with Crippen molar-refractivity contribution in [3.05, 3.63) is 51.7 Å². The lowest BCUT2D eigenvalue weighted by molar-refractivity contribution is 0.332. The zero-order valence-electron chi connectivity index (χ0n) is 16.5. The van der Waals surface area contributed by atoms with Gasteiger partial charge in [-0.25, -0.2) is 9.67 Å². The SMILES string of the molecule is Cc1cc(N2CCC(Cn3nc(C4CC4)ccc3=O)CC2)n2nc(C)cc2n1. The molecule has 0 aromatic carbocycles. The number of piperidine rings is 1. The Morgan fingerprint density at radius 1 is 1.00 bits per heavy atom. The molecule has 146 valence electrons. The van der Waals surface area contributed by atoms with Crippen LogP contribution in [-0.2, 0) is 6.54 Å². The molecular formula is C21H26N6O. The minimum Gasteiger partial charge on any atom is -0.356 e. The zero-order chi connectivity index (χ0) is 19.3. The van der Waals surface area contributed by atoms with Crippen molar-refractivity contribution in [3.63, 3.8) is 0 Å². The average molecular weight is 378 g/mol. The quantitative estimate of drug-likeness (QED) is 0.698. The lowest BCUT2D eigenvalue weighted by Gasteiger charge is -2.33. The maximum atomic E-state index is 12.2. The second kappa shape index (κ2) is 6.72. The van der Waals surface area contributed by atoms with Crippen molar-refractivity contribution >= 4 is 11.5 Å². The van der Waals surface area contributed by atoms with Crippen molar-refractivity contribution in [2.24, 2.45) is 5.92 Å². The van der Waals surface area contributed by atoms with Gasteiger partial charge in [-0.15, -0.1) is 0 Å². The van der Waals surface area contributed by atoms with E-state index in [1.807, 2.05) is 30.5 Å². The van der Waals surface area contributed by atoms with Crippen molar-refractivity contribution in [3.8, 4) is 0 Å². The third-order valence-electron chi connectivity index (χ3n) is 5.91. The molecule has 3 aromatic heterocycles. The van der Waals surface area contributed by atoms with E-state index in [1.165, 1.54) is 12.8 Å². The van der Waals surface area contributed by atoms with Gasteiger partial charge in [0, 0.05) is 49.4 Å². The highest BCUT2D eigenvalue weighted by molar-refractivity contribution is 5.52. The molecule has 0 spiro atoms. The third-order valence-corrected chi connectivity index (χ3v) is 5.91. The molecule has 5 rings (SSSR count). The molecule has 7 nitrogen and oxygen atoms in total. The first kappa shape index (κ1) is 17.4. The predicted molar refractivity (Wildman–Crippen MR) is 108 cm³/mol. The van der Waals surface area contributed by atoms with E-state index in [0.29, 0.717) is 11.8 Å². The lowest BCUT2D eigenvalue weighted by Crippen LogP contribution is -2.38. The van der Waals surface area contributed by atoms with Crippen LogP contribution in [0.4, 0.5) is 5.82 Å². The van der Waals surface area contributed by atoms with Crippen molar-refractivity contribution < 1.29 is 0 Å². The number of anilines is 1. The van der Waals surface area contributed by atoms with Gasteiger partial charge in [-0.2, -0.15) is 14.7 Å². The lowest BCUT2D eigenvalue weighted by atomic mass is 9.97.